The van der Waals surface area contributed by atoms with E-state index in [-0.39, 0.29) is 12.1 Å². The Morgan fingerprint density at radius 2 is 2.20 bits per heavy atom. The molecule has 2 nitrogen and oxygen atoms in total. The van der Waals surface area contributed by atoms with Crippen LogP contribution in [0.25, 0.3) is 0 Å². The van der Waals surface area contributed by atoms with Gasteiger partial charge in [0.25, 0.3) is 0 Å². The van der Waals surface area contributed by atoms with E-state index >= 15 is 0 Å². The topological polar surface area (TPSA) is 26.3 Å². The highest BCUT2D eigenvalue weighted by molar-refractivity contribution is 5.66. The first-order valence-corrected chi connectivity index (χ1v) is 3.84. The van der Waals surface area contributed by atoms with Crippen LogP contribution in [0.1, 0.15) is 40.0 Å². The van der Waals surface area contributed by atoms with Gasteiger partial charge in [0, 0.05) is 6.92 Å². The fourth-order valence-electron chi connectivity index (χ4n) is 0.834. The molecule has 0 bridgehead atoms. The normalized spacial score (nSPS) is 12.7. The Balaban J connectivity index is 3.25. The summed E-state index contributed by atoms with van der Waals surface area (Å²) in [4.78, 5) is 10.4. The minimum absolute atomic E-state index is 0.0949. The maximum absolute atomic E-state index is 10.4. The van der Waals surface area contributed by atoms with Gasteiger partial charge in [-0.15, -0.1) is 0 Å². The lowest BCUT2D eigenvalue weighted by molar-refractivity contribution is -0.145. The third kappa shape index (κ3) is 5.60. The van der Waals surface area contributed by atoms with Gasteiger partial charge < -0.3 is 4.74 Å². The van der Waals surface area contributed by atoms with Crippen LogP contribution in [0.15, 0.2) is 0 Å². The predicted octanol–water partition coefficient (Wildman–Crippen LogP) is 2.13. The van der Waals surface area contributed by atoms with Crippen molar-refractivity contribution in [1.82, 2.24) is 0 Å². The largest absolute Gasteiger partial charge is 0.463 e. The Labute approximate surface area is 62.6 Å². The quantitative estimate of drug-likeness (QED) is 0.565. The molecule has 0 aromatic rings. The van der Waals surface area contributed by atoms with E-state index in [0.717, 1.165) is 19.3 Å². The van der Waals surface area contributed by atoms with E-state index in [2.05, 4.69) is 6.92 Å². The van der Waals surface area contributed by atoms with Crippen LogP contribution in [0.5, 0.6) is 0 Å². The molecule has 0 aliphatic rings. The third-order valence-corrected chi connectivity index (χ3v) is 1.33. The molecule has 0 saturated carbocycles. The molecule has 0 amide bonds. The van der Waals surface area contributed by atoms with Gasteiger partial charge in [-0.05, 0) is 13.3 Å². The Morgan fingerprint density at radius 1 is 1.60 bits per heavy atom. The molecular formula is C8H16O2. The summed E-state index contributed by atoms with van der Waals surface area (Å²) in [5.41, 5.74) is 0. The summed E-state index contributed by atoms with van der Waals surface area (Å²) in [7, 11) is 0. The van der Waals surface area contributed by atoms with Gasteiger partial charge in [0.15, 0.2) is 0 Å². The monoisotopic (exact) mass is 144 g/mol. The second-order valence-electron chi connectivity index (χ2n) is 2.56. The van der Waals surface area contributed by atoms with Crippen molar-refractivity contribution in [3.8, 4) is 0 Å². The highest BCUT2D eigenvalue weighted by Crippen LogP contribution is 2.03. The number of ether oxygens (including phenoxy) is 1. The second-order valence-corrected chi connectivity index (χ2v) is 2.56. The van der Waals surface area contributed by atoms with Crippen molar-refractivity contribution in [3.05, 3.63) is 0 Å². The molecule has 0 aliphatic heterocycles. The molecule has 1 unspecified atom stereocenters. The van der Waals surface area contributed by atoms with E-state index in [4.69, 9.17) is 4.74 Å². The number of hydrogen-bond donors (Lipinski definition) is 0. The van der Waals surface area contributed by atoms with Crippen LogP contribution < -0.4 is 0 Å². The van der Waals surface area contributed by atoms with Crippen LogP contribution in [0.3, 0.4) is 0 Å². The highest BCUT2D eigenvalue weighted by atomic mass is 16.5. The van der Waals surface area contributed by atoms with Crippen molar-refractivity contribution in [3.63, 3.8) is 0 Å². The minimum atomic E-state index is -0.177. The van der Waals surface area contributed by atoms with Gasteiger partial charge in [0.1, 0.15) is 0 Å². The number of hydrogen-bond acceptors (Lipinski definition) is 2. The lowest BCUT2D eigenvalue weighted by Gasteiger charge is -2.09. The van der Waals surface area contributed by atoms with Crippen molar-refractivity contribution in [2.24, 2.45) is 0 Å². The van der Waals surface area contributed by atoms with Gasteiger partial charge in [0.2, 0.25) is 0 Å². The van der Waals surface area contributed by atoms with Crippen molar-refractivity contribution in [1.29, 1.82) is 0 Å². The lowest BCUT2D eigenvalue weighted by Crippen LogP contribution is -2.11. The van der Waals surface area contributed by atoms with Crippen LogP contribution in [-0.2, 0) is 9.53 Å². The average molecular weight is 144 g/mol. The summed E-state index contributed by atoms with van der Waals surface area (Å²) < 4.78 is 4.91. The Hall–Kier alpha value is -0.530. The third-order valence-electron chi connectivity index (χ3n) is 1.33. The zero-order valence-corrected chi connectivity index (χ0v) is 7.02. The van der Waals surface area contributed by atoms with Crippen molar-refractivity contribution in [2.75, 3.05) is 0 Å². The number of unbranched alkanes of at least 4 members (excludes halogenated alkanes) is 1. The fourth-order valence-corrected chi connectivity index (χ4v) is 0.834. The molecule has 0 radical (unpaired) electrons. The molecule has 60 valence electrons. The summed E-state index contributed by atoms with van der Waals surface area (Å²) in [6, 6.07) is 0. The molecule has 1 atom stereocenters. The lowest BCUT2D eigenvalue weighted by atomic mass is 10.2. The molecule has 2 heteroatoms. The number of carbonyl (C=O) groups excluding carboxylic acids is 1. The summed E-state index contributed by atoms with van der Waals surface area (Å²) >= 11 is 0. The molecule has 0 fully saturated rings. The van der Waals surface area contributed by atoms with Crippen LogP contribution >= 0.6 is 0 Å². The Bertz CT molecular complexity index is 99.4. The van der Waals surface area contributed by atoms with Gasteiger partial charge in [0.05, 0.1) is 6.10 Å². The van der Waals surface area contributed by atoms with Crippen LogP contribution in [0.2, 0.25) is 0 Å². The molecular weight excluding hydrogens is 128 g/mol. The van der Waals surface area contributed by atoms with Gasteiger partial charge in [-0.1, -0.05) is 19.8 Å². The molecule has 10 heavy (non-hydrogen) atoms. The first-order chi connectivity index (χ1) is 4.66. The van der Waals surface area contributed by atoms with Gasteiger partial charge >= 0.3 is 5.97 Å². The van der Waals surface area contributed by atoms with Crippen molar-refractivity contribution < 1.29 is 9.53 Å². The molecule has 0 spiro atoms. The summed E-state index contributed by atoms with van der Waals surface area (Å²) in [6.45, 7) is 5.50. The summed E-state index contributed by atoms with van der Waals surface area (Å²) in [6.07, 6.45) is 3.37. The Morgan fingerprint density at radius 3 is 2.60 bits per heavy atom. The van der Waals surface area contributed by atoms with Crippen molar-refractivity contribution >= 4 is 5.97 Å². The van der Waals surface area contributed by atoms with Crippen LogP contribution in [-0.4, -0.2) is 12.1 Å². The number of esters is 1. The summed E-state index contributed by atoms with van der Waals surface area (Å²) in [5.74, 6) is -0.177. The highest BCUT2D eigenvalue weighted by Gasteiger charge is 2.02. The van der Waals surface area contributed by atoms with Gasteiger partial charge in [-0.2, -0.15) is 0 Å². The van der Waals surface area contributed by atoms with Crippen LogP contribution in [0, 0.1) is 0 Å². The Kier molecular flexibility index (Phi) is 4.99. The fraction of sp³-hybridized carbons (Fsp3) is 0.875. The second kappa shape index (κ2) is 5.27. The van der Waals surface area contributed by atoms with Crippen molar-refractivity contribution in [2.45, 2.75) is 46.1 Å². The van der Waals surface area contributed by atoms with E-state index in [0.29, 0.717) is 0 Å². The number of rotatable bonds is 4. The molecule has 0 aliphatic carbocycles. The van der Waals surface area contributed by atoms with E-state index in [1.807, 2.05) is 6.92 Å². The molecule has 0 rings (SSSR count). The first-order valence-electron chi connectivity index (χ1n) is 3.84. The SMILES string of the molecule is CCCCC(C)OC(C)=O. The molecule has 0 aromatic heterocycles. The van der Waals surface area contributed by atoms with Gasteiger partial charge in [-0.25, -0.2) is 0 Å². The van der Waals surface area contributed by atoms with E-state index in [9.17, 15) is 4.79 Å². The molecule has 0 heterocycles. The van der Waals surface area contributed by atoms with E-state index in [1.54, 1.807) is 0 Å². The minimum Gasteiger partial charge on any atom is -0.463 e. The first kappa shape index (κ1) is 9.47. The molecule has 0 saturated heterocycles. The predicted molar refractivity (Wildman–Crippen MR) is 40.8 cm³/mol. The zero-order valence-electron chi connectivity index (χ0n) is 7.02. The zero-order chi connectivity index (χ0) is 7.98. The molecule has 0 aromatic carbocycles. The number of carbonyl (C=O) groups is 1. The maximum Gasteiger partial charge on any atom is 0.302 e. The van der Waals surface area contributed by atoms with E-state index < -0.39 is 0 Å². The molecule has 0 N–H and O–H groups in total. The van der Waals surface area contributed by atoms with Gasteiger partial charge in [-0.3, -0.25) is 4.79 Å². The van der Waals surface area contributed by atoms with Crippen LogP contribution in [0.4, 0.5) is 0 Å². The smallest absolute Gasteiger partial charge is 0.302 e. The average Bonchev–Trinajstić information content (AvgIpc) is 1.82. The maximum atomic E-state index is 10.4. The van der Waals surface area contributed by atoms with E-state index in [1.165, 1.54) is 6.92 Å². The standard InChI is InChI=1S/C8H16O2/c1-4-5-6-7(2)10-8(3)9/h7H,4-6H2,1-3H3. The summed E-state index contributed by atoms with van der Waals surface area (Å²) in [5, 5.41) is 0.